The lowest BCUT2D eigenvalue weighted by Crippen LogP contribution is -2.29. The second-order valence-corrected chi connectivity index (χ2v) is 7.82. The lowest BCUT2D eigenvalue weighted by molar-refractivity contribution is -0.124. The monoisotopic (exact) mass is 417 g/mol. The predicted molar refractivity (Wildman–Crippen MR) is 120 cm³/mol. The Morgan fingerprint density at radius 1 is 1.13 bits per heavy atom. The Kier molecular flexibility index (Phi) is 6.46. The Labute approximate surface area is 181 Å². The third-order valence-corrected chi connectivity index (χ3v) is 5.56. The molecule has 0 bridgehead atoms. The van der Waals surface area contributed by atoms with Crippen molar-refractivity contribution in [3.8, 4) is 5.69 Å². The molecule has 0 aliphatic heterocycles. The van der Waals surface area contributed by atoms with Gasteiger partial charge in [0.2, 0.25) is 0 Å². The number of fused-ring (bicyclic) bond motifs is 1. The minimum Gasteiger partial charge on any atom is -0.452 e. The van der Waals surface area contributed by atoms with Crippen molar-refractivity contribution >= 4 is 22.9 Å². The van der Waals surface area contributed by atoms with Crippen LogP contribution in [-0.4, -0.2) is 34.6 Å². The highest BCUT2D eigenvalue weighted by Gasteiger charge is 2.15. The molecule has 6 heteroatoms. The van der Waals surface area contributed by atoms with E-state index >= 15 is 0 Å². The van der Waals surface area contributed by atoms with E-state index in [1.54, 1.807) is 12.1 Å². The van der Waals surface area contributed by atoms with Gasteiger partial charge in [-0.25, -0.2) is 9.78 Å². The first-order valence-corrected chi connectivity index (χ1v) is 10.8. The number of hydrogen-bond donors (Lipinski definition) is 1. The molecule has 1 aliphatic rings. The van der Waals surface area contributed by atoms with Gasteiger partial charge in [0.05, 0.1) is 16.6 Å². The minimum atomic E-state index is -0.529. The molecular formula is C25H27N3O3. The Morgan fingerprint density at radius 3 is 2.74 bits per heavy atom. The van der Waals surface area contributed by atoms with E-state index in [-0.39, 0.29) is 12.5 Å². The lowest BCUT2D eigenvalue weighted by Gasteiger charge is -2.13. The number of amides is 1. The summed E-state index contributed by atoms with van der Waals surface area (Å²) in [6, 6.07) is 15.2. The number of nitrogens with one attached hydrogen (secondary N) is 1. The zero-order valence-corrected chi connectivity index (χ0v) is 17.8. The van der Waals surface area contributed by atoms with E-state index in [2.05, 4.69) is 16.4 Å². The molecule has 4 rings (SSSR count). The molecule has 1 heterocycles. The molecule has 31 heavy (non-hydrogen) atoms. The number of rotatable bonds is 7. The molecule has 3 aromatic rings. The van der Waals surface area contributed by atoms with E-state index in [1.807, 2.05) is 47.9 Å². The summed E-state index contributed by atoms with van der Waals surface area (Å²) in [6.07, 6.45) is 7.86. The van der Waals surface area contributed by atoms with E-state index in [0.717, 1.165) is 36.3 Å². The van der Waals surface area contributed by atoms with Crippen molar-refractivity contribution < 1.29 is 14.3 Å². The highest BCUT2D eigenvalue weighted by atomic mass is 16.5. The molecule has 0 saturated heterocycles. The minimum absolute atomic E-state index is 0.282. The van der Waals surface area contributed by atoms with Crippen molar-refractivity contribution in [3.05, 3.63) is 71.6 Å². The number of carbonyl (C=O) groups is 2. The number of para-hydroxylation sites is 1. The molecule has 0 unspecified atom stereocenters. The molecule has 1 aliphatic carbocycles. The van der Waals surface area contributed by atoms with Crippen LogP contribution in [0.2, 0.25) is 0 Å². The SMILES string of the molecule is Cc1nc2cc(C(=O)OCC(=O)NCCC3=CCCCC3)ccc2n1-c1ccccc1. The normalized spacial score (nSPS) is 13.6. The zero-order chi connectivity index (χ0) is 21.6. The summed E-state index contributed by atoms with van der Waals surface area (Å²) in [5.41, 5.74) is 4.42. The first-order valence-electron chi connectivity index (χ1n) is 10.8. The average Bonchev–Trinajstić information content (AvgIpc) is 3.13. The largest absolute Gasteiger partial charge is 0.452 e. The van der Waals surface area contributed by atoms with E-state index < -0.39 is 5.97 Å². The van der Waals surface area contributed by atoms with E-state index in [4.69, 9.17) is 4.74 Å². The molecule has 6 nitrogen and oxygen atoms in total. The molecule has 0 radical (unpaired) electrons. The summed E-state index contributed by atoms with van der Waals surface area (Å²) in [5.74, 6) is 0.0215. The van der Waals surface area contributed by atoms with Gasteiger partial charge in [0.15, 0.2) is 6.61 Å². The number of ether oxygens (including phenoxy) is 1. The summed E-state index contributed by atoms with van der Waals surface area (Å²) in [5, 5.41) is 2.82. The van der Waals surface area contributed by atoms with Gasteiger partial charge in [0.25, 0.3) is 5.91 Å². The van der Waals surface area contributed by atoms with Crippen LogP contribution >= 0.6 is 0 Å². The molecule has 1 aromatic heterocycles. The Bertz CT molecular complexity index is 1120. The van der Waals surface area contributed by atoms with Gasteiger partial charge in [-0.05, 0) is 69.4 Å². The number of aromatic nitrogens is 2. The molecule has 160 valence electrons. The molecule has 0 saturated carbocycles. The summed E-state index contributed by atoms with van der Waals surface area (Å²) < 4.78 is 7.24. The van der Waals surface area contributed by atoms with E-state index in [9.17, 15) is 9.59 Å². The van der Waals surface area contributed by atoms with Crippen LogP contribution in [0.1, 0.15) is 48.3 Å². The third-order valence-electron chi connectivity index (χ3n) is 5.56. The second kappa shape index (κ2) is 9.60. The quantitative estimate of drug-likeness (QED) is 0.454. The molecule has 0 fully saturated rings. The number of aryl methyl sites for hydroxylation is 1. The van der Waals surface area contributed by atoms with E-state index in [0.29, 0.717) is 17.6 Å². The number of benzene rings is 2. The third kappa shape index (κ3) is 5.02. The summed E-state index contributed by atoms with van der Waals surface area (Å²) in [4.78, 5) is 29.0. The fraction of sp³-hybridized carbons (Fsp3) is 0.320. The van der Waals surface area contributed by atoms with Gasteiger partial charge < -0.3 is 10.1 Å². The van der Waals surface area contributed by atoms with Crippen molar-refractivity contribution in [2.24, 2.45) is 0 Å². The number of allylic oxidation sites excluding steroid dienone is 1. The maximum Gasteiger partial charge on any atom is 0.338 e. The van der Waals surface area contributed by atoms with Gasteiger partial charge in [-0.15, -0.1) is 0 Å². The number of hydrogen-bond acceptors (Lipinski definition) is 4. The Morgan fingerprint density at radius 2 is 1.97 bits per heavy atom. The van der Waals surface area contributed by atoms with Gasteiger partial charge in [-0.2, -0.15) is 0 Å². The zero-order valence-electron chi connectivity index (χ0n) is 17.8. The van der Waals surface area contributed by atoms with Crippen molar-refractivity contribution in [1.29, 1.82) is 0 Å². The first-order chi connectivity index (χ1) is 15.1. The number of carbonyl (C=O) groups excluding carboxylic acids is 2. The first kappa shape index (κ1) is 20.8. The van der Waals surface area contributed by atoms with Crippen molar-refractivity contribution in [1.82, 2.24) is 14.9 Å². The van der Waals surface area contributed by atoms with Gasteiger partial charge >= 0.3 is 5.97 Å². The van der Waals surface area contributed by atoms with Gasteiger partial charge in [-0.1, -0.05) is 29.8 Å². The topological polar surface area (TPSA) is 73.2 Å². The standard InChI is InChI=1S/C25H27N3O3/c1-18-27-22-16-20(12-13-23(22)28(18)21-10-6-3-7-11-21)25(30)31-17-24(29)26-15-14-19-8-4-2-5-9-19/h3,6-8,10-13,16H,2,4-5,9,14-15,17H2,1H3,(H,26,29). The van der Waals surface area contributed by atoms with Gasteiger partial charge in [0, 0.05) is 12.2 Å². The summed E-state index contributed by atoms with van der Waals surface area (Å²) in [7, 11) is 0. The van der Waals surface area contributed by atoms with Crippen LogP contribution in [0.5, 0.6) is 0 Å². The van der Waals surface area contributed by atoms with Crippen LogP contribution in [0.3, 0.4) is 0 Å². The number of nitrogens with zero attached hydrogens (tertiary/aromatic N) is 2. The maximum absolute atomic E-state index is 12.4. The molecule has 2 aromatic carbocycles. The van der Waals surface area contributed by atoms with Crippen LogP contribution in [-0.2, 0) is 9.53 Å². The van der Waals surface area contributed by atoms with Crippen LogP contribution in [0.4, 0.5) is 0 Å². The maximum atomic E-state index is 12.4. The Balaban J connectivity index is 1.35. The smallest absolute Gasteiger partial charge is 0.338 e. The second-order valence-electron chi connectivity index (χ2n) is 7.82. The summed E-state index contributed by atoms with van der Waals surface area (Å²) in [6.45, 7) is 2.22. The van der Waals surface area contributed by atoms with Crippen LogP contribution in [0.15, 0.2) is 60.2 Å². The number of imidazole rings is 1. The van der Waals surface area contributed by atoms with Crippen LogP contribution in [0.25, 0.3) is 16.7 Å². The lowest BCUT2D eigenvalue weighted by atomic mass is 9.97. The van der Waals surface area contributed by atoms with Crippen LogP contribution in [0, 0.1) is 6.92 Å². The fourth-order valence-corrected chi connectivity index (χ4v) is 3.99. The van der Waals surface area contributed by atoms with Crippen LogP contribution < -0.4 is 5.32 Å². The van der Waals surface area contributed by atoms with Gasteiger partial charge in [-0.3, -0.25) is 9.36 Å². The van der Waals surface area contributed by atoms with Gasteiger partial charge in [0.1, 0.15) is 5.82 Å². The van der Waals surface area contributed by atoms with Crippen molar-refractivity contribution in [2.45, 2.75) is 39.0 Å². The fourth-order valence-electron chi connectivity index (χ4n) is 3.99. The molecular weight excluding hydrogens is 390 g/mol. The predicted octanol–water partition coefficient (Wildman–Crippen LogP) is 4.50. The van der Waals surface area contributed by atoms with Crippen molar-refractivity contribution in [2.75, 3.05) is 13.2 Å². The highest BCUT2D eigenvalue weighted by Crippen LogP contribution is 2.23. The molecule has 0 atom stereocenters. The summed E-state index contributed by atoms with van der Waals surface area (Å²) >= 11 is 0. The average molecular weight is 418 g/mol. The van der Waals surface area contributed by atoms with E-state index in [1.165, 1.54) is 18.4 Å². The Hall–Kier alpha value is -3.41. The van der Waals surface area contributed by atoms with Crippen molar-refractivity contribution in [3.63, 3.8) is 0 Å². The molecule has 1 N–H and O–H groups in total. The molecule has 0 spiro atoms. The molecule has 1 amide bonds. The number of esters is 1. The highest BCUT2D eigenvalue weighted by molar-refractivity contribution is 5.95.